The van der Waals surface area contributed by atoms with E-state index in [9.17, 15) is 4.79 Å². The lowest BCUT2D eigenvalue weighted by atomic mass is 10.1. The molecule has 2 atom stereocenters. The number of hydrogen-bond donors (Lipinski definition) is 0. The van der Waals surface area contributed by atoms with Crippen LogP contribution in [0.1, 0.15) is 24.8 Å². The van der Waals surface area contributed by atoms with Gasteiger partial charge in [0.25, 0.3) is 5.56 Å². The molecule has 23 heavy (non-hydrogen) atoms. The number of anilines is 1. The van der Waals surface area contributed by atoms with E-state index < -0.39 is 0 Å². The third kappa shape index (κ3) is 2.45. The zero-order chi connectivity index (χ0) is 16.1. The van der Waals surface area contributed by atoms with Gasteiger partial charge in [-0.2, -0.15) is 9.78 Å². The van der Waals surface area contributed by atoms with E-state index in [-0.39, 0.29) is 10.6 Å². The Morgan fingerprint density at radius 2 is 2.09 bits per heavy atom. The quantitative estimate of drug-likeness (QED) is 0.826. The molecule has 6 heteroatoms. The van der Waals surface area contributed by atoms with Gasteiger partial charge in [0, 0.05) is 17.6 Å². The SMILES string of the molecule is Cc1ccc(-n2ncc(N3CC4CCC3C4)c(Cl)c2=O)cc1Cl. The van der Waals surface area contributed by atoms with Crippen molar-refractivity contribution >= 4 is 28.9 Å². The highest BCUT2D eigenvalue weighted by Crippen LogP contribution is 2.41. The number of aryl methyl sites for hydroxylation is 1. The monoisotopic (exact) mass is 349 g/mol. The van der Waals surface area contributed by atoms with E-state index in [4.69, 9.17) is 23.2 Å². The second-order valence-electron chi connectivity index (χ2n) is 6.48. The Hall–Kier alpha value is -1.52. The molecule has 120 valence electrons. The van der Waals surface area contributed by atoms with Crippen LogP contribution in [0, 0.1) is 12.8 Å². The fraction of sp³-hybridized carbons (Fsp3) is 0.412. The highest BCUT2D eigenvalue weighted by molar-refractivity contribution is 6.33. The summed E-state index contributed by atoms with van der Waals surface area (Å²) < 4.78 is 1.31. The molecule has 1 aromatic heterocycles. The number of hydrogen-bond acceptors (Lipinski definition) is 3. The molecule has 1 aliphatic heterocycles. The summed E-state index contributed by atoms with van der Waals surface area (Å²) in [6.07, 6.45) is 5.37. The molecule has 1 saturated carbocycles. The number of benzene rings is 1. The molecule has 2 unspecified atom stereocenters. The molecule has 0 spiro atoms. The van der Waals surface area contributed by atoms with Gasteiger partial charge in [-0.25, -0.2) is 0 Å². The smallest absolute Gasteiger partial charge is 0.292 e. The number of nitrogens with zero attached hydrogens (tertiary/aromatic N) is 3. The summed E-state index contributed by atoms with van der Waals surface area (Å²) >= 11 is 12.5. The predicted molar refractivity (Wildman–Crippen MR) is 93.1 cm³/mol. The van der Waals surface area contributed by atoms with Crippen LogP contribution in [-0.2, 0) is 0 Å². The van der Waals surface area contributed by atoms with Crippen molar-refractivity contribution in [2.75, 3.05) is 11.4 Å². The van der Waals surface area contributed by atoms with Gasteiger partial charge in [-0.3, -0.25) is 4.79 Å². The molecule has 4 nitrogen and oxygen atoms in total. The lowest BCUT2D eigenvalue weighted by Crippen LogP contribution is -2.34. The molecule has 2 aliphatic rings. The number of aromatic nitrogens is 2. The van der Waals surface area contributed by atoms with Gasteiger partial charge in [0.05, 0.1) is 17.6 Å². The number of piperidine rings is 1. The second-order valence-corrected chi connectivity index (χ2v) is 7.26. The Balaban J connectivity index is 1.75. The van der Waals surface area contributed by atoms with E-state index in [0.29, 0.717) is 16.8 Å². The molecule has 0 radical (unpaired) electrons. The average molecular weight is 350 g/mol. The van der Waals surface area contributed by atoms with Crippen molar-refractivity contribution in [2.24, 2.45) is 5.92 Å². The van der Waals surface area contributed by atoms with E-state index in [1.807, 2.05) is 19.1 Å². The van der Waals surface area contributed by atoms with E-state index in [1.165, 1.54) is 23.9 Å². The van der Waals surface area contributed by atoms with E-state index in [2.05, 4.69) is 10.00 Å². The molecule has 0 N–H and O–H groups in total. The summed E-state index contributed by atoms with van der Waals surface area (Å²) in [5.74, 6) is 0.731. The minimum atomic E-state index is -0.299. The standard InChI is InChI=1S/C17H17Cl2N3O/c1-10-2-4-13(7-14(10)18)22-17(23)16(19)15(8-20-22)21-9-11-3-5-12(21)6-11/h2,4,7-8,11-12H,3,5-6,9H2,1H3. The van der Waals surface area contributed by atoms with Gasteiger partial charge in [0.15, 0.2) is 0 Å². The van der Waals surface area contributed by atoms with Crippen molar-refractivity contribution in [3.63, 3.8) is 0 Å². The van der Waals surface area contributed by atoms with Crippen molar-refractivity contribution in [3.05, 3.63) is 50.4 Å². The van der Waals surface area contributed by atoms with Crippen LogP contribution < -0.4 is 10.5 Å². The zero-order valence-electron chi connectivity index (χ0n) is 12.8. The maximum atomic E-state index is 12.6. The highest BCUT2D eigenvalue weighted by Gasteiger charge is 2.39. The fourth-order valence-corrected chi connectivity index (χ4v) is 4.15. The summed E-state index contributed by atoms with van der Waals surface area (Å²) in [5.41, 5.74) is 2.05. The lowest BCUT2D eigenvalue weighted by molar-refractivity contribution is 0.552. The van der Waals surface area contributed by atoms with Crippen LogP contribution in [0.5, 0.6) is 0 Å². The Bertz CT molecular complexity index is 833. The Morgan fingerprint density at radius 3 is 2.74 bits per heavy atom. The van der Waals surface area contributed by atoms with Gasteiger partial charge in [-0.15, -0.1) is 0 Å². The molecule has 2 aromatic rings. The molecule has 2 bridgehead atoms. The van der Waals surface area contributed by atoms with E-state index >= 15 is 0 Å². The van der Waals surface area contributed by atoms with Crippen LogP contribution in [0.25, 0.3) is 5.69 Å². The summed E-state index contributed by atoms with van der Waals surface area (Å²) in [6, 6.07) is 5.93. The van der Waals surface area contributed by atoms with Crippen molar-refractivity contribution < 1.29 is 0 Å². The highest BCUT2D eigenvalue weighted by atomic mass is 35.5. The number of fused-ring (bicyclic) bond motifs is 2. The Kier molecular flexibility index (Phi) is 3.62. The first kappa shape index (κ1) is 15.0. The maximum Gasteiger partial charge on any atom is 0.292 e. The maximum absolute atomic E-state index is 12.6. The zero-order valence-corrected chi connectivity index (χ0v) is 14.3. The van der Waals surface area contributed by atoms with Gasteiger partial charge >= 0.3 is 0 Å². The van der Waals surface area contributed by atoms with Crippen molar-refractivity contribution in [3.8, 4) is 5.69 Å². The van der Waals surface area contributed by atoms with Crippen LogP contribution in [-0.4, -0.2) is 22.4 Å². The van der Waals surface area contributed by atoms with E-state index in [0.717, 1.165) is 23.7 Å². The third-order valence-electron chi connectivity index (χ3n) is 5.02. The van der Waals surface area contributed by atoms with Gasteiger partial charge in [0.1, 0.15) is 5.02 Å². The number of halogens is 2. The molecule has 1 aromatic carbocycles. The molecule has 1 saturated heterocycles. The normalized spacial score (nSPS) is 22.8. The van der Waals surface area contributed by atoms with Crippen LogP contribution in [0.3, 0.4) is 0 Å². The molecule has 1 aliphatic carbocycles. The minimum absolute atomic E-state index is 0.240. The largest absolute Gasteiger partial charge is 0.366 e. The molecule has 2 fully saturated rings. The topological polar surface area (TPSA) is 38.1 Å². The van der Waals surface area contributed by atoms with Crippen LogP contribution in [0.4, 0.5) is 5.69 Å². The predicted octanol–water partition coefficient (Wildman–Crippen LogP) is 3.84. The summed E-state index contributed by atoms with van der Waals surface area (Å²) in [4.78, 5) is 14.9. The van der Waals surface area contributed by atoms with Gasteiger partial charge in [-0.05, 0) is 49.8 Å². The Labute approximate surface area is 144 Å². The second kappa shape index (κ2) is 5.53. The Morgan fingerprint density at radius 1 is 1.26 bits per heavy atom. The first-order valence-corrected chi connectivity index (χ1v) is 8.61. The molecule has 2 heterocycles. The van der Waals surface area contributed by atoms with E-state index in [1.54, 1.807) is 12.3 Å². The van der Waals surface area contributed by atoms with Crippen LogP contribution >= 0.6 is 23.2 Å². The van der Waals surface area contributed by atoms with Crippen molar-refractivity contribution in [2.45, 2.75) is 32.2 Å². The first-order valence-electron chi connectivity index (χ1n) is 7.85. The third-order valence-corrected chi connectivity index (χ3v) is 5.78. The van der Waals surface area contributed by atoms with Crippen LogP contribution in [0.2, 0.25) is 10.0 Å². The minimum Gasteiger partial charge on any atom is -0.366 e. The van der Waals surface area contributed by atoms with Gasteiger partial charge in [0.2, 0.25) is 0 Å². The summed E-state index contributed by atoms with van der Waals surface area (Å²) in [5, 5.41) is 5.17. The molecular formula is C17H17Cl2N3O. The molecular weight excluding hydrogens is 333 g/mol. The van der Waals surface area contributed by atoms with Gasteiger partial charge < -0.3 is 4.90 Å². The van der Waals surface area contributed by atoms with Crippen LogP contribution in [0.15, 0.2) is 29.2 Å². The van der Waals surface area contributed by atoms with Gasteiger partial charge in [-0.1, -0.05) is 29.3 Å². The molecule has 4 rings (SSSR count). The number of rotatable bonds is 2. The van der Waals surface area contributed by atoms with Crippen molar-refractivity contribution in [1.29, 1.82) is 0 Å². The lowest BCUT2D eigenvalue weighted by Gasteiger charge is -2.29. The fourth-order valence-electron chi connectivity index (χ4n) is 3.74. The average Bonchev–Trinajstić information content (AvgIpc) is 3.16. The first-order chi connectivity index (χ1) is 11.0. The van der Waals surface area contributed by atoms with Crippen molar-refractivity contribution in [1.82, 2.24) is 9.78 Å². The molecule has 0 amide bonds. The summed E-state index contributed by atoms with van der Waals surface area (Å²) in [7, 11) is 0. The summed E-state index contributed by atoms with van der Waals surface area (Å²) in [6.45, 7) is 2.90.